The second-order valence-corrected chi connectivity index (χ2v) is 3.30. The lowest BCUT2D eigenvalue weighted by molar-refractivity contribution is -0.138. The fraction of sp³-hybridized carbons (Fsp3) is 0.167. The van der Waals surface area contributed by atoms with Crippen molar-refractivity contribution in [1.82, 2.24) is 0 Å². The molecular formula is C6H6ClNO2S. The standard InChI is InChI=1S/C6H6ClNO2S/c7-3-1-2-11-5(3)4(8)6(9)10/h1-2,4H,8H2,(H,9,10). The van der Waals surface area contributed by atoms with E-state index in [2.05, 4.69) is 0 Å². The van der Waals surface area contributed by atoms with Crippen molar-refractivity contribution in [2.24, 2.45) is 5.73 Å². The first-order chi connectivity index (χ1) is 5.13. The molecule has 5 heteroatoms. The van der Waals surface area contributed by atoms with Crippen LogP contribution in [0.4, 0.5) is 0 Å². The monoisotopic (exact) mass is 191 g/mol. The van der Waals surface area contributed by atoms with Crippen molar-refractivity contribution in [2.75, 3.05) is 0 Å². The van der Waals surface area contributed by atoms with Crippen molar-refractivity contribution in [3.8, 4) is 0 Å². The lowest BCUT2D eigenvalue weighted by atomic mass is 10.2. The third kappa shape index (κ3) is 1.71. The Kier molecular flexibility index (Phi) is 2.49. The number of carbonyl (C=O) groups is 1. The Morgan fingerprint density at radius 3 is 2.82 bits per heavy atom. The summed E-state index contributed by atoms with van der Waals surface area (Å²) in [7, 11) is 0. The van der Waals surface area contributed by atoms with Crippen LogP contribution >= 0.6 is 22.9 Å². The molecule has 1 heterocycles. The molecule has 1 aromatic rings. The summed E-state index contributed by atoms with van der Waals surface area (Å²) in [5.74, 6) is -1.06. The van der Waals surface area contributed by atoms with Crippen LogP contribution in [0.2, 0.25) is 5.02 Å². The quantitative estimate of drug-likeness (QED) is 0.745. The van der Waals surface area contributed by atoms with Crippen molar-refractivity contribution >= 4 is 28.9 Å². The van der Waals surface area contributed by atoms with E-state index in [9.17, 15) is 4.79 Å². The summed E-state index contributed by atoms with van der Waals surface area (Å²) in [6, 6.07) is 0.632. The molecule has 0 saturated carbocycles. The van der Waals surface area contributed by atoms with Crippen LogP contribution in [-0.2, 0) is 4.79 Å². The van der Waals surface area contributed by atoms with Crippen LogP contribution < -0.4 is 5.73 Å². The van der Waals surface area contributed by atoms with Gasteiger partial charge in [-0.2, -0.15) is 0 Å². The molecule has 60 valence electrons. The predicted molar refractivity (Wildman–Crippen MR) is 43.9 cm³/mol. The van der Waals surface area contributed by atoms with Crippen LogP contribution in [-0.4, -0.2) is 11.1 Å². The Bertz CT molecular complexity index is 273. The highest BCUT2D eigenvalue weighted by Gasteiger charge is 2.18. The first-order valence-electron chi connectivity index (χ1n) is 2.84. The van der Waals surface area contributed by atoms with E-state index in [0.717, 1.165) is 0 Å². The normalized spacial score (nSPS) is 12.9. The Labute approximate surface area is 72.4 Å². The molecule has 1 rings (SSSR count). The van der Waals surface area contributed by atoms with Gasteiger partial charge in [0.15, 0.2) is 0 Å². The van der Waals surface area contributed by atoms with Crippen LogP contribution in [0.15, 0.2) is 11.4 Å². The fourth-order valence-electron chi connectivity index (χ4n) is 0.639. The maximum Gasteiger partial charge on any atom is 0.326 e. The number of nitrogens with two attached hydrogens (primary N) is 1. The number of halogens is 1. The van der Waals surface area contributed by atoms with Gasteiger partial charge in [-0.25, -0.2) is 0 Å². The Hall–Kier alpha value is -0.580. The van der Waals surface area contributed by atoms with Gasteiger partial charge in [-0.05, 0) is 11.4 Å². The molecule has 1 unspecified atom stereocenters. The van der Waals surface area contributed by atoms with Crippen molar-refractivity contribution in [3.05, 3.63) is 21.3 Å². The highest BCUT2D eigenvalue weighted by atomic mass is 35.5. The Morgan fingerprint density at radius 1 is 1.82 bits per heavy atom. The third-order valence-corrected chi connectivity index (χ3v) is 2.63. The summed E-state index contributed by atoms with van der Waals surface area (Å²) in [5, 5.41) is 10.6. The first-order valence-corrected chi connectivity index (χ1v) is 4.10. The van der Waals surface area contributed by atoms with E-state index in [-0.39, 0.29) is 0 Å². The Balaban J connectivity index is 2.92. The SMILES string of the molecule is NC(C(=O)O)c1sccc1Cl. The van der Waals surface area contributed by atoms with Gasteiger partial charge in [0, 0.05) is 0 Å². The van der Waals surface area contributed by atoms with Gasteiger partial charge in [-0.1, -0.05) is 11.6 Å². The molecule has 0 aliphatic carbocycles. The number of thiophene rings is 1. The molecule has 11 heavy (non-hydrogen) atoms. The number of aliphatic carboxylic acids is 1. The zero-order valence-electron chi connectivity index (χ0n) is 5.45. The molecule has 0 radical (unpaired) electrons. The van der Waals surface area contributed by atoms with E-state index in [0.29, 0.717) is 9.90 Å². The van der Waals surface area contributed by atoms with Crippen molar-refractivity contribution in [2.45, 2.75) is 6.04 Å². The van der Waals surface area contributed by atoms with E-state index in [4.69, 9.17) is 22.4 Å². The minimum absolute atomic E-state index is 0.421. The third-order valence-electron chi connectivity index (χ3n) is 1.19. The van der Waals surface area contributed by atoms with Crippen LogP contribution in [0.3, 0.4) is 0 Å². The largest absolute Gasteiger partial charge is 0.480 e. The Morgan fingerprint density at radius 2 is 2.45 bits per heavy atom. The van der Waals surface area contributed by atoms with Crippen molar-refractivity contribution < 1.29 is 9.90 Å². The molecule has 1 atom stereocenters. The second-order valence-electron chi connectivity index (χ2n) is 1.95. The van der Waals surface area contributed by atoms with Crippen LogP contribution in [0.25, 0.3) is 0 Å². The number of hydrogen-bond acceptors (Lipinski definition) is 3. The molecule has 1 aromatic heterocycles. The van der Waals surface area contributed by atoms with Gasteiger partial charge in [-0.15, -0.1) is 11.3 Å². The molecule has 3 nitrogen and oxygen atoms in total. The molecule has 0 aliphatic heterocycles. The average Bonchev–Trinajstić information content (AvgIpc) is 2.33. The molecule has 0 aromatic carbocycles. The predicted octanol–water partition coefficient (Wildman–Crippen LogP) is 1.49. The molecule has 0 bridgehead atoms. The van der Waals surface area contributed by atoms with E-state index in [1.807, 2.05) is 0 Å². The topological polar surface area (TPSA) is 63.3 Å². The summed E-state index contributed by atoms with van der Waals surface area (Å²) in [4.78, 5) is 10.9. The highest BCUT2D eigenvalue weighted by Crippen LogP contribution is 2.27. The van der Waals surface area contributed by atoms with Gasteiger partial charge >= 0.3 is 5.97 Å². The number of carboxylic acids is 1. The summed E-state index contributed by atoms with van der Waals surface area (Å²) in [6.07, 6.45) is 0. The zero-order chi connectivity index (χ0) is 8.43. The smallest absolute Gasteiger partial charge is 0.326 e. The zero-order valence-corrected chi connectivity index (χ0v) is 7.02. The average molecular weight is 192 g/mol. The molecular weight excluding hydrogens is 186 g/mol. The van der Waals surface area contributed by atoms with Crippen LogP contribution in [0.5, 0.6) is 0 Å². The lowest BCUT2D eigenvalue weighted by Crippen LogP contribution is -2.19. The lowest BCUT2D eigenvalue weighted by Gasteiger charge is -2.02. The minimum atomic E-state index is -1.06. The van der Waals surface area contributed by atoms with Gasteiger partial charge in [-0.3, -0.25) is 4.79 Å². The number of carboxylic acid groups (broad SMARTS) is 1. The molecule has 0 spiro atoms. The summed E-state index contributed by atoms with van der Waals surface area (Å²) < 4.78 is 0. The van der Waals surface area contributed by atoms with E-state index < -0.39 is 12.0 Å². The van der Waals surface area contributed by atoms with Gasteiger partial charge in [0.25, 0.3) is 0 Å². The van der Waals surface area contributed by atoms with Crippen molar-refractivity contribution in [3.63, 3.8) is 0 Å². The summed E-state index contributed by atoms with van der Waals surface area (Å²) in [5.41, 5.74) is 5.31. The van der Waals surface area contributed by atoms with Gasteiger partial charge in [0.05, 0.1) is 9.90 Å². The molecule has 0 amide bonds. The van der Waals surface area contributed by atoms with Gasteiger partial charge in [0.2, 0.25) is 0 Å². The number of rotatable bonds is 2. The van der Waals surface area contributed by atoms with E-state index in [1.54, 1.807) is 11.4 Å². The maximum atomic E-state index is 10.4. The van der Waals surface area contributed by atoms with Gasteiger partial charge in [0.1, 0.15) is 6.04 Å². The second kappa shape index (κ2) is 3.21. The van der Waals surface area contributed by atoms with E-state index >= 15 is 0 Å². The first kappa shape index (κ1) is 8.52. The summed E-state index contributed by atoms with van der Waals surface area (Å²) in [6.45, 7) is 0. The fourth-order valence-corrected chi connectivity index (χ4v) is 1.81. The van der Waals surface area contributed by atoms with E-state index in [1.165, 1.54) is 11.3 Å². The molecule has 0 fully saturated rings. The van der Waals surface area contributed by atoms with Crippen molar-refractivity contribution in [1.29, 1.82) is 0 Å². The number of hydrogen-bond donors (Lipinski definition) is 2. The van der Waals surface area contributed by atoms with Gasteiger partial charge < -0.3 is 10.8 Å². The van der Waals surface area contributed by atoms with Crippen LogP contribution in [0, 0.1) is 0 Å². The van der Waals surface area contributed by atoms with Crippen LogP contribution in [0.1, 0.15) is 10.9 Å². The molecule has 3 N–H and O–H groups in total. The minimum Gasteiger partial charge on any atom is -0.480 e. The maximum absolute atomic E-state index is 10.4. The highest BCUT2D eigenvalue weighted by molar-refractivity contribution is 7.10. The molecule has 0 aliphatic rings. The summed E-state index contributed by atoms with van der Waals surface area (Å²) >= 11 is 6.89. The molecule has 0 saturated heterocycles.